The molecular formula is C23H18ClNO3. The number of hydrogen-bond acceptors (Lipinski definition) is 3. The molecule has 4 aromatic rings. The van der Waals surface area contributed by atoms with Crippen molar-refractivity contribution >= 4 is 28.3 Å². The van der Waals surface area contributed by atoms with Crippen LogP contribution in [-0.2, 0) is 6.54 Å². The lowest BCUT2D eigenvalue weighted by molar-refractivity contribution is 0.0949. The van der Waals surface area contributed by atoms with E-state index in [-0.39, 0.29) is 11.7 Å². The first-order chi connectivity index (χ1) is 13.5. The number of phenolic OH excluding ortho intramolecular Hbond substituents is 1. The molecule has 1 amide bonds. The van der Waals surface area contributed by atoms with Crippen LogP contribution in [-0.4, -0.2) is 11.0 Å². The third-order valence-electron chi connectivity index (χ3n) is 4.63. The number of hydrogen-bond donors (Lipinski definition) is 2. The van der Waals surface area contributed by atoms with Crippen molar-refractivity contribution in [2.24, 2.45) is 0 Å². The van der Waals surface area contributed by atoms with E-state index in [1.165, 1.54) is 0 Å². The fourth-order valence-electron chi connectivity index (χ4n) is 3.13. The van der Waals surface area contributed by atoms with Crippen molar-refractivity contribution in [3.8, 4) is 17.1 Å². The normalized spacial score (nSPS) is 10.9. The van der Waals surface area contributed by atoms with Gasteiger partial charge in [0.1, 0.15) is 17.3 Å². The number of fused-ring (bicyclic) bond motifs is 1. The zero-order valence-electron chi connectivity index (χ0n) is 15.2. The highest BCUT2D eigenvalue weighted by atomic mass is 35.5. The Bertz CT molecular complexity index is 1160. The Kier molecular flexibility index (Phi) is 4.80. The molecule has 0 aliphatic heterocycles. The molecule has 0 aliphatic carbocycles. The number of benzene rings is 3. The number of carbonyl (C=O) groups excluding carboxylic acids is 1. The van der Waals surface area contributed by atoms with Crippen LogP contribution in [0.2, 0.25) is 5.02 Å². The molecule has 0 atom stereocenters. The standard InChI is InChI=1S/C23H18ClNO3/c1-14-21(12-22(28-14)16-4-7-19(24)8-5-16)23(27)25-13-15-2-3-18-11-20(26)9-6-17(18)10-15/h2-12,26H,13H2,1H3,(H,25,27). The summed E-state index contributed by atoms with van der Waals surface area (Å²) in [5.74, 6) is 1.24. The summed E-state index contributed by atoms with van der Waals surface area (Å²) < 4.78 is 5.76. The minimum atomic E-state index is -0.188. The van der Waals surface area contributed by atoms with Crippen LogP contribution < -0.4 is 5.32 Å². The molecule has 4 rings (SSSR count). The van der Waals surface area contributed by atoms with Gasteiger partial charge in [0.25, 0.3) is 5.91 Å². The molecule has 3 aromatic carbocycles. The van der Waals surface area contributed by atoms with Crippen LogP contribution in [0, 0.1) is 6.92 Å². The number of nitrogens with one attached hydrogen (secondary N) is 1. The van der Waals surface area contributed by atoms with E-state index >= 15 is 0 Å². The van der Waals surface area contributed by atoms with Crippen molar-refractivity contribution in [1.82, 2.24) is 5.32 Å². The predicted octanol–water partition coefficient (Wildman–Crippen LogP) is 5.70. The number of phenols is 1. The molecule has 0 fully saturated rings. The summed E-state index contributed by atoms with van der Waals surface area (Å²) in [6.45, 7) is 2.17. The van der Waals surface area contributed by atoms with E-state index in [0.717, 1.165) is 21.9 Å². The van der Waals surface area contributed by atoms with Gasteiger partial charge in [0.15, 0.2) is 0 Å². The minimum absolute atomic E-state index is 0.188. The molecule has 0 spiro atoms. The lowest BCUT2D eigenvalue weighted by Crippen LogP contribution is -2.22. The van der Waals surface area contributed by atoms with Crippen molar-refractivity contribution in [1.29, 1.82) is 0 Å². The van der Waals surface area contributed by atoms with Crippen LogP contribution in [0.15, 0.2) is 71.1 Å². The van der Waals surface area contributed by atoms with Crippen LogP contribution in [0.25, 0.3) is 22.1 Å². The molecule has 2 N–H and O–H groups in total. The van der Waals surface area contributed by atoms with Gasteiger partial charge in [-0.05, 0) is 71.8 Å². The molecule has 140 valence electrons. The summed E-state index contributed by atoms with van der Waals surface area (Å²) in [7, 11) is 0. The van der Waals surface area contributed by atoms with Gasteiger partial charge < -0.3 is 14.8 Å². The molecule has 0 radical (unpaired) electrons. The quantitative estimate of drug-likeness (QED) is 0.469. The first-order valence-corrected chi connectivity index (χ1v) is 9.23. The van der Waals surface area contributed by atoms with Gasteiger partial charge in [0.2, 0.25) is 0 Å². The Labute approximate surface area is 167 Å². The van der Waals surface area contributed by atoms with Crippen molar-refractivity contribution in [3.63, 3.8) is 0 Å². The average Bonchev–Trinajstić information content (AvgIpc) is 3.08. The van der Waals surface area contributed by atoms with E-state index in [1.807, 2.05) is 36.4 Å². The zero-order chi connectivity index (χ0) is 19.7. The average molecular weight is 392 g/mol. The van der Waals surface area contributed by atoms with Crippen molar-refractivity contribution < 1.29 is 14.3 Å². The summed E-state index contributed by atoms with van der Waals surface area (Å²) in [5.41, 5.74) is 2.35. The Morgan fingerprint density at radius 1 is 1.00 bits per heavy atom. The van der Waals surface area contributed by atoms with Crippen LogP contribution in [0.5, 0.6) is 5.75 Å². The molecule has 0 unspecified atom stereocenters. The molecule has 4 nitrogen and oxygen atoms in total. The summed E-state index contributed by atoms with van der Waals surface area (Å²) in [6.07, 6.45) is 0. The lowest BCUT2D eigenvalue weighted by Gasteiger charge is -2.06. The Morgan fingerprint density at radius 3 is 2.50 bits per heavy atom. The second-order valence-electron chi connectivity index (χ2n) is 6.64. The van der Waals surface area contributed by atoms with E-state index in [1.54, 1.807) is 37.3 Å². The van der Waals surface area contributed by atoms with Gasteiger partial charge in [-0.1, -0.05) is 29.8 Å². The monoisotopic (exact) mass is 391 g/mol. The van der Waals surface area contributed by atoms with Gasteiger partial charge in [-0.3, -0.25) is 4.79 Å². The lowest BCUT2D eigenvalue weighted by atomic mass is 10.1. The zero-order valence-corrected chi connectivity index (χ0v) is 16.0. The third-order valence-corrected chi connectivity index (χ3v) is 4.88. The van der Waals surface area contributed by atoms with Gasteiger partial charge in [0.05, 0.1) is 5.56 Å². The van der Waals surface area contributed by atoms with E-state index in [4.69, 9.17) is 16.0 Å². The number of rotatable bonds is 4. The molecule has 0 saturated carbocycles. The van der Waals surface area contributed by atoms with E-state index in [0.29, 0.717) is 28.7 Å². The fourth-order valence-corrected chi connectivity index (χ4v) is 3.26. The fraction of sp³-hybridized carbons (Fsp3) is 0.0870. The Balaban J connectivity index is 1.49. The summed E-state index contributed by atoms with van der Waals surface area (Å²) in [5, 5.41) is 15.1. The highest BCUT2D eigenvalue weighted by Gasteiger charge is 2.16. The van der Waals surface area contributed by atoms with Gasteiger partial charge in [0, 0.05) is 17.1 Å². The third kappa shape index (κ3) is 3.73. The SMILES string of the molecule is Cc1oc(-c2ccc(Cl)cc2)cc1C(=O)NCc1ccc2cc(O)ccc2c1. The van der Waals surface area contributed by atoms with Crippen LogP contribution in [0.1, 0.15) is 21.7 Å². The minimum Gasteiger partial charge on any atom is -0.508 e. The molecule has 1 heterocycles. The predicted molar refractivity (Wildman–Crippen MR) is 111 cm³/mol. The Morgan fingerprint density at radius 2 is 1.71 bits per heavy atom. The highest BCUT2D eigenvalue weighted by Crippen LogP contribution is 2.27. The summed E-state index contributed by atoms with van der Waals surface area (Å²) in [4.78, 5) is 12.6. The maximum absolute atomic E-state index is 12.6. The number of carbonyl (C=O) groups is 1. The molecule has 1 aromatic heterocycles. The van der Waals surface area contributed by atoms with Crippen molar-refractivity contribution in [3.05, 3.63) is 88.6 Å². The number of amides is 1. The van der Waals surface area contributed by atoms with Crippen molar-refractivity contribution in [2.45, 2.75) is 13.5 Å². The maximum Gasteiger partial charge on any atom is 0.255 e. The van der Waals surface area contributed by atoms with Gasteiger partial charge in [-0.25, -0.2) is 0 Å². The van der Waals surface area contributed by atoms with Crippen molar-refractivity contribution in [2.75, 3.05) is 0 Å². The molecule has 28 heavy (non-hydrogen) atoms. The van der Waals surface area contributed by atoms with Gasteiger partial charge in [-0.2, -0.15) is 0 Å². The van der Waals surface area contributed by atoms with Gasteiger partial charge in [-0.15, -0.1) is 0 Å². The first kappa shape index (κ1) is 18.1. The topological polar surface area (TPSA) is 62.5 Å². The number of aryl methyl sites for hydroxylation is 1. The molecule has 0 aliphatic rings. The van der Waals surface area contributed by atoms with Crippen LogP contribution >= 0.6 is 11.6 Å². The van der Waals surface area contributed by atoms with Gasteiger partial charge >= 0.3 is 0 Å². The second-order valence-corrected chi connectivity index (χ2v) is 7.07. The summed E-state index contributed by atoms with van der Waals surface area (Å²) in [6, 6.07) is 20.1. The second kappa shape index (κ2) is 7.41. The smallest absolute Gasteiger partial charge is 0.255 e. The highest BCUT2D eigenvalue weighted by molar-refractivity contribution is 6.30. The molecule has 0 saturated heterocycles. The van der Waals surface area contributed by atoms with Crippen LogP contribution in [0.4, 0.5) is 0 Å². The first-order valence-electron chi connectivity index (χ1n) is 8.86. The largest absolute Gasteiger partial charge is 0.508 e. The van der Waals surface area contributed by atoms with Crippen LogP contribution in [0.3, 0.4) is 0 Å². The Hall–Kier alpha value is -3.24. The van der Waals surface area contributed by atoms with E-state index < -0.39 is 0 Å². The number of furan rings is 1. The van der Waals surface area contributed by atoms with E-state index in [9.17, 15) is 9.90 Å². The van der Waals surface area contributed by atoms with E-state index in [2.05, 4.69) is 5.32 Å². The number of aromatic hydroxyl groups is 1. The molecular weight excluding hydrogens is 374 g/mol. The molecule has 5 heteroatoms. The summed E-state index contributed by atoms with van der Waals surface area (Å²) >= 11 is 5.92. The molecule has 0 bridgehead atoms. The number of halogens is 1. The maximum atomic E-state index is 12.6.